The molecule has 0 atom stereocenters. The molecular formula is C26H27ClN2O3. The van der Waals surface area contributed by atoms with Crippen LogP contribution in [0.2, 0.25) is 5.02 Å². The van der Waals surface area contributed by atoms with Crippen LogP contribution in [0.15, 0.2) is 72.8 Å². The van der Waals surface area contributed by atoms with E-state index in [1.807, 2.05) is 60.4 Å². The Hall–Kier alpha value is -3.18. The van der Waals surface area contributed by atoms with E-state index >= 15 is 0 Å². The van der Waals surface area contributed by atoms with Crippen molar-refractivity contribution in [2.45, 2.75) is 13.5 Å². The maximum Gasteiger partial charge on any atom is 0.253 e. The third-order valence-corrected chi connectivity index (χ3v) is 5.72. The minimum absolute atomic E-state index is 0.0322. The van der Waals surface area contributed by atoms with E-state index in [-0.39, 0.29) is 5.91 Å². The minimum Gasteiger partial charge on any atom is -0.493 e. The number of rotatable bonds is 7. The predicted octanol–water partition coefficient (Wildman–Crippen LogP) is 5.28. The van der Waals surface area contributed by atoms with Crippen LogP contribution in [0.5, 0.6) is 11.5 Å². The molecule has 1 saturated heterocycles. The number of piperazine rings is 1. The third kappa shape index (κ3) is 5.35. The summed E-state index contributed by atoms with van der Waals surface area (Å²) >= 11 is 6.05. The Kier molecular flexibility index (Phi) is 7.17. The number of nitrogens with zero attached hydrogens (tertiary/aromatic N) is 2. The maximum absolute atomic E-state index is 13.2. The van der Waals surface area contributed by atoms with Gasteiger partial charge in [-0.1, -0.05) is 35.9 Å². The summed E-state index contributed by atoms with van der Waals surface area (Å²) in [7, 11) is 0. The Balaban J connectivity index is 1.44. The first kappa shape index (κ1) is 22.0. The quantitative estimate of drug-likeness (QED) is 0.491. The van der Waals surface area contributed by atoms with E-state index in [2.05, 4.69) is 17.0 Å². The van der Waals surface area contributed by atoms with Crippen molar-refractivity contribution in [2.75, 3.05) is 37.7 Å². The van der Waals surface area contributed by atoms with Gasteiger partial charge in [-0.3, -0.25) is 4.79 Å². The van der Waals surface area contributed by atoms with E-state index in [1.165, 1.54) is 5.69 Å². The number of halogens is 1. The van der Waals surface area contributed by atoms with Gasteiger partial charge in [0.1, 0.15) is 18.1 Å². The van der Waals surface area contributed by atoms with Gasteiger partial charge in [0.05, 0.1) is 6.61 Å². The van der Waals surface area contributed by atoms with Crippen LogP contribution in [0.25, 0.3) is 0 Å². The fraction of sp³-hybridized carbons (Fsp3) is 0.269. The molecule has 166 valence electrons. The first-order valence-corrected chi connectivity index (χ1v) is 11.2. The standard InChI is InChI=1S/C26H27ClN2O3/c1-2-31-25-12-11-20(17-21(25)19-32-24-10-6-7-22(27)18-24)26(30)29-15-13-28(14-16-29)23-8-4-3-5-9-23/h3-12,17-18H,2,13-16,19H2,1H3. The van der Waals surface area contributed by atoms with Crippen molar-refractivity contribution in [3.8, 4) is 11.5 Å². The molecule has 0 radical (unpaired) electrons. The van der Waals surface area contributed by atoms with Gasteiger partial charge < -0.3 is 19.3 Å². The van der Waals surface area contributed by atoms with Crippen LogP contribution in [0, 0.1) is 0 Å². The molecule has 1 heterocycles. The van der Waals surface area contributed by atoms with Gasteiger partial charge in [0.15, 0.2) is 0 Å². The predicted molar refractivity (Wildman–Crippen MR) is 128 cm³/mol. The summed E-state index contributed by atoms with van der Waals surface area (Å²) in [5, 5.41) is 0.617. The van der Waals surface area contributed by atoms with Gasteiger partial charge in [-0.05, 0) is 55.5 Å². The third-order valence-electron chi connectivity index (χ3n) is 5.49. The highest BCUT2D eigenvalue weighted by molar-refractivity contribution is 6.30. The van der Waals surface area contributed by atoms with Gasteiger partial charge >= 0.3 is 0 Å². The Morgan fingerprint density at radius 1 is 0.906 bits per heavy atom. The molecule has 5 nitrogen and oxygen atoms in total. The highest BCUT2D eigenvalue weighted by Crippen LogP contribution is 2.25. The van der Waals surface area contributed by atoms with Crippen LogP contribution in [-0.4, -0.2) is 43.6 Å². The molecule has 6 heteroatoms. The highest BCUT2D eigenvalue weighted by Gasteiger charge is 2.23. The van der Waals surface area contributed by atoms with Crippen molar-refractivity contribution in [1.82, 2.24) is 4.90 Å². The molecule has 0 N–H and O–H groups in total. The van der Waals surface area contributed by atoms with Crippen molar-refractivity contribution in [2.24, 2.45) is 0 Å². The minimum atomic E-state index is 0.0322. The van der Waals surface area contributed by atoms with Crippen LogP contribution >= 0.6 is 11.6 Å². The van der Waals surface area contributed by atoms with Crippen molar-refractivity contribution in [3.05, 3.63) is 88.9 Å². The molecule has 4 rings (SSSR count). The number of hydrogen-bond acceptors (Lipinski definition) is 4. The molecule has 0 aliphatic carbocycles. The first-order valence-electron chi connectivity index (χ1n) is 10.9. The van der Waals surface area contributed by atoms with E-state index < -0.39 is 0 Å². The Morgan fingerprint density at radius 2 is 1.69 bits per heavy atom. The number of hydrogen-bond donors (Lipinski definition) is 0. The SMILES string of the molecule is CCOc1ccc(C(=O)N2CCN(c3ccccc3)CC2)cc1COc1cccc(Cl)c1. The molecule has 1 amide bonds. The molecule has 3 aromatic rings. The van der Waals surface area contributed by atoms with Crippen LogP contribution in [0.3, 0.4) is 0 Å². The van der Waals surface area contributed by atoms with Crippen LogP contribution in [0.1, 0.15) is 22.8 Å². The second kappa shape index (κ2) is 10.4. The van der Waals surface area contributed by atoms with Crippen molar-refractivity contribution >= 4 is 23.2 Å². The number of amides is 1. The molecule has 1 aliphatic rings. The summed E-state index contributed by atoms with van der Waals surface area (Å²) in [6.45, 7) is 5.78. The number of carbonyl (C=O) groups is 1. The summed E-state index contributed by atoms with van der Waals surface area (Å²) in [6.07, 6.45) is 0. The lowest BCUT2D eigenvalue weighted by molar-refractivity contribution is 0.0746. The molecule has 32 heavy (non-hydrogen) atoms. The summed E-state index contributed by atoms with van der Waals surface area (Å²) in [6, 6.07) is 23.1. The Labute approximate surface area is 194 Å². The van der Waals surface area contributed by atoms with E-state index in [4.69, 9.17) is 21.1 Å². The Bertz CT molecular complexity index is 1050. The summed E-state index contributed by atoms with van der Waals surface area (Å²) < 4.78 is 11.7. The lowest BCUT2D eigenvalue weighted by atomic mass is 10.1. The molecule has 1 fully saturated rings. The smallest absolute Gasteiger partial charge is 0.253 e. The topological polar surface area (TPSA) is 42.0 Å². The van der Waals surface area contributed by atoms with Gasteiger partial charge in [-0.2, -0.15) is 0 Å². The normalized spacial score (nSPS) is 13.7. The van der Waals surface area contributed by atoms with Crippen molar-refractivity contribution in [3.63, 3.8) is 0 Å². The number of carbonyl (C=O) groups excluding carboxylic acids is 1. The average Bonchev–Trinajstić information content (AvgIpc) is 2.84. The zero-order chi connectivity index (χ0) is 22.3. The maximum atomic E-state index is 13.2. The lowest BCUT2D eigenvalue weighted by Crippen LogP contribution is -2.48. The molecular weight excluding hydrogens is 424 g/mol. The second-order valence-corrected chi connectivity index (χ2v) is 8.05. The van der Waals surface area contributed by atoms with E-state index in [0.29, 0.717) is 42.6 Å². The van der Waals surface area contributed by atoms with E-state index in [9.17, 15) is 4.79 Å². The number of benzene rings is 3. The fourth-order valence-electron chi connectivity index (χ4n) is 3.83. The summed E-state index contributed by atoms with van der Waals surface area (Å²) in [4.78, 5) is 17.4. The molecule has 0 aromatic heterocycles. The molecule has 0 unspecified atom stereocenters. The van der Waals surface area contributed by atoms with Crippen LogP contribution in [0.4, 0.5) is 5.69 Å². The lowest BCUT2D eigenvalue weighted by Gasteiger charge is -2.36. The van der Waals surface area contributed by atoms with Gasteiger partial charge in [-0.25, -0.2) is 0 Å². The highest BCUT2D eigenvalue weighted by atomic mass is 35.5. The summed E-state index contributed by atoms with van der Waals surface area (Å²) in [5.74, 6) is 1.43. The fourth-order valence-corrected chi connectivity index (χ4v) is 4.01. The van der Waals surface area contributed by atoms with Crippen LogP contribution < -0.4 is 14.4 Å². The van der Waals surface area contributed by atoms with Gasteiger partial charge in [-0.15, -0.1) is 0 Å². The van der Waals surface area contributed by atoms with E-state index in [0.717, 1.165) is 24.4 Å². The van der Waals surface area contributed by atoms with Gasteiger partial charge in [0.25, 0.3) is 5.91 Å². The zero-order valence-corrected chi connectivity index (χ0v) is 18.9. The molecule has 0 spiro atoms. The van der Waals surface area contributed by atoms with Gasteiger partial charge in [0, 0.05) is 48.0 Å². The van der Waals surface area contributed by atoms with E-state index in [1.54, 1.807) is 12.1 Å². The molecule has 3 aromatic carbocycles. The molecule has 0 bridgehead atoms. The summed E-state index contributed by atoms with van der Waals surface area (Å²) in [5.41, 5.74) is 2.67. The van der Waals surface area contributed by atoms with Crippen molar-refractivity contribution in [1.29, 1.82) is 0 Å². The molecule has 1 aliphatic heterocycles. The molecule has 0 saturated carbocycles. The number of para-hydroxylation sites is 1. The zero-order valence-electron chi connectivity index (χ0n) is 18.2. The van der Waals surface area contributed by atoms with Gasteiger partial charge in [0.2, 0.25) is 0 Å². The van der Waals surface area contributed by atoms with Crippen LogP contribution in [-0.2, 0) is 6.61 Å². The first-order chi connectivity index (χ1) is 15.6. The monoisotopic (exact) mass is 450 g/mol. The number of ether oxygens (including phenoxy) is 2. The van der Waals surface area contributed by atoms with Crippen molar-refractivity contribution < 1.29 is 14.3 Å². The average molecular weight is 451 g/mol. The largest absolute Gasteiger partial charge is 0.493 e. The second-order valence-electron chi connectivity index (χ2n) is 7.62. The number of anilines is 1. The Morgan fingerprint density at radius 3 is 2.41 bits per heavy atom.